The van der Waals surface area contributed by atoms with Crippen LogP contribution in [0, 0.1) is 43.9 Å². The number of nitro groups is 2. The van der Waals surface area contributed by atoms with Crippen LogP contribution < -0.4 is 0 Å². The molecule has 0 radical (unpaired) electrons. The standard InChI is InChI=1S/C42H22N2O4/c45-43(46)36-21-7-27(8-22-36)1-3-29-5-11-31-13-15-33-17-19-35-20-18-34-16-14-32-12-6-30(4-2-28-9-23-37(24-10-28)44(47)48)26-39(32)41(34)42(35)40(33)38(31)25-29/h5-26H. The molecular formula is C42H22N2O4. The molecule has 8 aromatic carbocycles. The Balaban J connectivity index is 1.32. The van der Waals surface area contributed by atoms with Crippen LogP contribution in [0.25, 0.3) is 53.9 Å². The van der Waals surface area contributed by atoms with Gasteiger partial charge in [-0.2, -0.15) is 0 Å². The normalized spacial score (nSPS) is 10.9. The van der Waals surface area contributed by atoms with Crippen molar-refractivity contribution in [2.75, 3.05) is 0 Å². The number of nitro benzene ring substituents is 2. The van der Waals surface area contributed by atoms with Crippen LogP contribution in [-0.2, 0) is 0 Å². The van der Waals surface area contributed by atoms with Gasteiger partial charge in [-0.15, -0.1) is 0 Å². The number of non-ortho nitro benzene ring substituents is 2. The first-order valence-corrected chi connectivity index (χ1v) is 15.2. The largest absolute Gasteiger partial charge is 0.269 e. The average Bonchev–Trinajstić information content (AvgIpc) is 3.12. The van der Waals surface area contributed by atoms with E-state index in [0.717, 1.165) is 65.0 Å². The maximum Gasteiger partial charge on any atom is 0.269 e. The minimum atomic E-state index is -0.418. The van der Waals surface area contributed by atoms with E-state index in [-0.39, 0.29) is 11.4 Å². The van der Waals surface area contributed by atoms with Gasteiger partial charge >= 0.3 is 0 Å². The first-order chi connectivity index (χ1) is 23.4. The quantitative estimate of drug-likeness (QED) is 0.0835. The number of hydrogen-bond donors (Lipinski definition) is 0. The Morgan fingerprint density at radius 1 is 0.354 bits per heavy atom. The number of nitrogens with zero attached hydrogens (tertiary/aromatic N) is 2. The highest BCUT2D eigenvalue weighted by Crippen LogP contribution is 2.40. The van der Waals surface area contributed by atoms with E-state index >= 15 is 0 Å². The third-order valence-corrected chi connectivity index (χ3v) is 8.64. The second-order valence-electron chi connectivity index (χ2n) is 11.5. The molecule has 0 heterocycles. The first kappa shape index (κ1) is 28.5. The molecule has 0 aliphatic heterocycles. The molecule has 6 nitrogen and oxygen atoms in total. The SMILES string of the molecule is O=[N+]([O-])c1ccc(C#Cc2ccc3ccc4ccc5ccc6ccc7ccc(C#Cc8ccc([N+](=O)[O-])cc8)cc7c6c5c4c3c2)cc1. The van der Waals surface area contributed by atoms with Crippen molar-refractivity contribution in [2.24, 2.45) is 0 Å². The molecule has 0 aromatic heterocycles. The van der Waals surface area contributed by atoms with Crippen LogP contribution in [0.1, 0.15) is 22.3 Å². The van der Waals surface area contributed by atoms with Crippen LogP contribution in [-0.4, -0.2) is 9.85 Å². The van der Waals surface area contributed by atoms with Crippen molar-refractivity contribution in [3.63, 3.8) is 0 Å². The van der Waals surface area contributed by atoms with Crippen molar-refractivity contribution >= 4 is 65.2 Å². The Morgan fingerprint density at radius 2 is 0.646 bits per heavy atom. The topological polar surface area (TPSA) is 86.3 Å². The van der Waals surface area contributed by atoms with E-state index in [4.69, 9.17) is 0 Å². The van der Waals surface area contributed by atoms with Gasteiger partial charge in [-0.05, 0) is 102 Å². The highest BCUT2D eigenvalue weighted by molar-refractivity contribution is 6.32. The Bertz CT molecular complexity index is 2580. The molecule has 224 valence electrons. The molecule has 6 heteroatoms. The van der Waals surface area contributed by atoms with Crippen molar-refractivity contribution in [3.05, 3.63) is 176 Å². The van der Waals surface area contributed by atoms with Crippen LogP contribution in [0.2, 0.25) is 0 Å². The van der Waals surface area contributed by atoms with E-state index in [1.54, 1.807) is 24.3 Å². The van der Waals surface area contributed by atoms with Gasteiger partial charge in [-0.25, -0.2) is 0 Å². The van der Waals surface area contributed by atoms with E-state index in [2.05, 4.69) is 96.5 Å². The fourth-order valence-corrected chi connectivity index (χ4v) is 6.28. The summed E-state index contributed by atoms with van der Waals surface area (Å²) in [6, 6.07) is 42.2. The van der Waals surface area contributed by atoms with Crippen molar-refractivity contribution < 1.29 is 9.85 Å². The summed E-state index contributed by atoms with van der Waals surface area (Å²) in [7, 11) is 0. The van der Waals surface area contributed by atoms with Crippen molar-refractivity contribution in [3.8, 4) is 23.7 Å². The van der Waals surface area contributed by atoms with Gasteiger partial charge in [0, 0.05) is 46.5 Å². The molecule has 0 aliphatic rings. The lowest BCUT2D eigenvalue weighted by Gasteiger charge is -2.13. The van der Waals surface area contributed by atoms with Gasteiger partial charge in [-0.1, -0.05) is 84.3 Å². The van der Waals surface area contributed by atoms with Crippen molar-refractivity contribution in [1.82, 2.24) is 0 Å². The molecule has 0 saturated carbocycles. The Kier molecular flexibility index (Phi) is 6.76. The van der Waals surface area contributed by atoms with Crippen LogP contribution in [0.15, 0.2) is 133 Å². The van der Waals surface area contributed by atoms with Gasteiger partial charge < -0.3 is 0 Å². The van der Waals surface area contributed by atoms with Gasteiger partial charge in [0.05, 0.1) is 9.85 Å². The molecule has 0 saturated heterocycles. The average molecular weight is 619 g/mol. The molecule has 0 N–H and O–H groups in total. The maximum atomic E-state index is 11.0. The molecule has 0 fully saturated rings. The lowest BCUT2D eigenvalue weighted by atomic mass is 9.90. The third kappa shape index (κ3) is 5.10. The Morgan fingerprint density at radius 3 is 1.02 bits per heavy atom. The summed E-state index contributed by atoms with van der Waals surface area (Å²) in [6.07, 6.45) is 0. The lowest BCUT2D eigenvalue weighted by Crippen LogP contribution is -1.88. The Labute approximate surface area is 274 Å². The van der Waals surface area contributed by atoms with Gasteiger partial charge in [0.2, 0.25) is 0 Å². The molecule has 0 aliphatic carbocycles. The van der Waals surface area contributed by atoms with Crippen molar-refractivity contribution in [2.45, 2.75) is 0 Å². The second-order valence-corrected chi connectivity index (χ2v) is 11.5. The molecule has 48 heavy (non-hydrogen) atoms. The monoisotopic (exact) mass is 618 g/mol. The predicted molar refractivity (Wildman–Crippen MR) is 192 cm³/mol. The van der Waals surface area contributed by atoms with E-state index in [1.807, 2.05) is 12.1 Å². The molecule has 0 spiro atoms. The van der Waals surface area contributed by atoms with E-state index in [9.17, 15) is 20.2 Å². The third-order valence-electron chi connectivity index (χ3n) is 8.64. The summed E-state index contributed by atoms with van der Waals surface area (Å²) in [5, 5.41) is 33.3. The van der Waals surface area contributed by atoms with Crippen molar-refractivity contribution in [1.29, 1.82) is 0 Å². The van der Waals surface area contributed by atoms with Gasteiger partial charge in [0.1, 0.15) is 0 Å². The van der Waals surface area contributed by atoms with Crippen LogP contribution in [0.4, 0.5) is 11.4 Å². The number of hydrogen-bond acceptors (Lipinski definition) is 4. The van der Waals surface area contributed by atoms with Crippen LogP contribution in [0.3, 0.4) is 0 Å². The van der Waals surface area contributed by atoms with Gasteiger partial charge in [0.25, 0.3) is 11.4 Å². The zero-order chi connectivity index (χ0) is 32.8. The molecule has 0 unspecified atom stereocenters. The lowest BCUT2D eigenvalue weighted by molar-refractivity contribution is -0.385. The molecule has 8 aromatic rings. The predicted octanol–water partition coefficient (Wildman–Crippen LogP) is 10.1. The summed E-state index contributed by atoms with van der Waals surface area (Å²) in [4.78, 5) is 21.3. The first-order valence-electron chi connectivity index (χ1n) is 15.2. The van der Waals surface area contributed by atoms with Gasteiger partial charge in [-0.3, -0.25) is 20.2 Å². The smallest absolute Gasteiger partial charge is 0.258 e. The Hall–Kier alpha value is -7.02. The molecule has 0 bridgehead atoms. The molecular weight excluding hydrogens is 596 g/mol. The van der Waals surface area contributed by atoms with Gasteiger partial charge in [0.15, 0.2) is 0 Å². The second kappa shape index (κ2) is 11.4. The molecule has 0 atom stereocenters. The summed E-state index contributed by atoms with van der Waals surface area (Å²) < 4.78 is 0. The minimum Gasteiger partial charge on any atom is -0.258 e. The highest BCUT2D eigenvalue weighted by atomic mass is 16.6. The number of benzene rings is 8. The zero-order valence-corrected chi connectivity index (χ0v) is 25.2. The summed E-state index contributed by atoms with van der Waals surface area (Å²) in [5.74, 6) is 12.8. The summed E-state index contributed by atoms with van der Waals surface area (Å²) >= 11 is 0. The zero-order valence-electron chi connectivity index (χ0n) is 25.2. The fraction of sp³-hybridized carbons (Fsp3) is 0. The van der Waals surface area contributed by atoms with E-state index < -0.39 is 9.85 Å². The van der Waals surface area contributed by atoms with Crippen LogP contribution >= 0.6 is 0 Å². The highest BCUT2D eigenvalue weighted by Gasteiger charge is 2.12. The van der Waals surface area contributed by atoms with E-state index in [1.165, 1.54) is 24.3 Å². The minimum absolute atomic E-state index is 0.0352. The van der Waals surface area contributed by atoms with E-state index in [0.29, 0.717) is 11.1 Å². The molecule has 8 rings (SSSR count). The molecule has 0 amide bonds. The number of rotatable bonds is 2. The summed E-state index contributed by atoms with van der Waals surface area (Å²) in [5.41, 5.74) is 3.17. The fourth-order valence-electron chi connectivity index (χ4n) is 6.28. The maximum absolute atomic E-state index is 11.0. The summed E-state index contributed by atoms with van der Waals surface area (Å²) in [6.45, 7) is 0. The van der Waals surface area contributed by atoms with Crippen LogP contribution in [0.5, 0.6) is 0 Å². The number of fused-ring (bicyclic) bond motifs is 9.